The molecule has 0 bridgehead atoms. The normalized spacial score (nSPS) is 12.1. The number of carboxylic acid groups (broad SMARTS) is 1. The van der Waals surface area contributed by atoms with Crippen LogP contribution in [-0.4, -0.2) is 22.7 Å². The summed E-state index contributed by atoms with van der Waals surface area (Å²) >= 11 is 0. The number of ether oxygens (including phenoxy) is 1. The molecule has 0 fully saturated rings. The molecule has 0 amide bonds. The van der Waals surface area contributed by atoms with E-state index in [4.69, 9.17) is 14.8 Å². The second kappa shape index (κ2) is 10.1. The molecule has 3 aromatic rings. The molecule has 0 spiro atoms. The monoisotopic (exact) mass is 391 g/mol. The predicted molar refractivity (Wildman–Crippen MR) is 117 cm³/mol. The van der Waals surface area contributed by atoms with Crippen LogP contribution in [0.4, 0.5) is 0 Å². The van der Waals surface area contributed by atoms with Crippen molar-refractivity contribution in [2.45, 2.75) is 51.9 Å². The molecular formula is C25H29NO3. The number of aromatic nitrogens is 1. The summed E-state index contributed by atoms with van der Waals surface area (Å²) in [6.45, 7) is 4.66. The summed E-state index contributed by atoms with van der Waals surface area (Å²) in [6, 6.07) is 17.6. The van der Waals surface area contributed by atoms with E-state index in [0.717, 1.165) is 46.5 Å². The summed E-state index contributed by atoms with van der Waals surface area (Å²) in [7, 11) is 0. The Labute approximate surface area is 172 Å². The van der Waals surface area contributed by atoms with Crippen molar-refractivity contribution in [3.05, 3.63) is 60.2 Å². The van der Waals surface area contributed by atoms with Crippen LogP contribution in [0.2, 0.25) is 0 Å². The van der Waals surface area contributed by atoms with Crippen LogP contribution in [0.5, 0.6) is 5.75 Å². The molecule has 0 saturated heterocycles. The van der Waals surface area contributed by atoms with Crippen molar-refractivity contribution in [3.8, 4) is 17.0 Å². The Morgan fingerprint density at radius 3 is 2.48 bits per heavy atom. The van der Waals surface area contributed by atoms with Crippen LogP contribution in [0.3, 0.4) is 0 Å². The average molecular weight is 392 g/mol. The Morgan fingerprint density at radius 2 is 1.76 bits per heavy atom. The first-order valence-electron chi connectivity index (χ1n) is 10.4. The van der Waals surface area contributed by atoms with Crippen LogP contribution in [-0.2, 0) is 4.79 Å². The Balaban J connectivity index is 1.67. The van der Waals surface area contributed by atoms with Gasteiger partial charge in [0, 0.05) is 10.9 Å². The Bertz CT molecular complexity index is 950. The van der Waals surface area contributed by atoms with E-state index in [1.165, 1.54) is 25.7 Å². The van der Waals surface area contributed by atoms with Gasteiger partial charge >= 0.3 is 5.97 Å². The van der Waals surface area contributed by atoms with Crippen LogP contribution in [0.15, 0.2) is 54.6 Å². The highest BCUT2D eigenvalue weighted by Gasteiger charge is 2.13. The van der Waals surface area contributed by atoms with Crippen molar-refractivity contribution in [1.29, 1.82) is 0 Å². The number of carbonyl (C=O) groups is 1. The lowest BCUT2D eigenvalue weighted by molar-refractivity contribution is -0.138. The molecular weight excluding hydrogens is 362 g/mol. The molecule has 4 nitrogen and oxygen atoms in total. The first-order chi connectivity index (χ1) is 14.1. The van der Waals surface area contributed by atoms with Gasteiger partial charge in [0.25, 0.3) is 0 Å². The van der Waals surface area contributed by atoms with Crippen molar-refractivity contribution >= 4 is 16.9 Å². The highest BCUT2D eigenvalue weighted by Crippen LogP contribution is 2.26. The minimum Gasteiger partial charge on any atom is -0.494 e. The van der Waals surface area contributed by atoms with E-state index in [1.54, 1.807) is 6.92 Å². The number of hydrogen-bond acceptors (Lipinski definition) is 3. The molecule has 1 N–H and O–H groups in total. The molecule has 0 aliphatic heterocycles. The Morgan fingerprint density at radius 1 is 1.00 bits per heavy atom. The van der Waals surface area contributed by atoms with Gasteiger partial charge in [-0.3, -0.25) is 4.79 Å². The summed E-state index contributed by atoms with van der Waals surface area (Å²) in [6.07, 6.45) is 6.14. The van der Waals surface area contributed by atoms with Gasteiger partial charge < -0.3 is 9.84 Å². The molecule has 0 aliphatic carbocycles. The zero-order valence-electron chi connectivity index (χ0n) is 17.2. The quantitative estimate of drug-likeness (QED) is 0.404. The maximum Gasteiger partial charge on any atom is 0.310 e. The largest absolute Gasteiger partial charge is 0.494 e. The van der Waals surface area contributed by atoms with Crippen LogP contribution in [0.25, 0.3) is 22.2 Å². The average Bonchev–Trinajstić information content (AvgIpc) is 2.75. The summed E-state index contributed by atoms with van der Waals surface area (Å²) in [4.78, 5) is 15.9. The van der Waals surface area contributed by atoms with Crippen LogP contribution in [0.1, 0.15) is 57.4 Å². The standard InChI is InChI=1S/C25H29NO3/c1-3-4-5-6-7-16-29-22-13-15-24-21(17-22)12-14-23(26-24)20-10-8-19(9-11-20)18(2)25(27)28/h8-15,17-18H,3-7,16H2,1-2H3,(H,27,28). The predicted octanol–water partition coefficient (Wildman–Crippen LogP) is 6.44. The molecule has 29 heavy (non-hydrogen) atoms. The highest BCUT2D eigenvalue weighted by molar-refractivity contribution is 5.83. The van der Waals surface area contributed by atoms with Crippen LogP contribution in [0, 0.1) is 0 Å². The lowest BCUT2D eigenvalue weighted by Crippen LogP contribution is -2.06. The maximum atomic E-state index is 11.1. The molecule has 1 atom stereocenters. The van der Waals surface area contributed by atoms with Crippen LogP contribution < -0.4 is 4.74 Å². The minimum atomic E-state index is -0.819. The van der Waals surface area contributed by atoms with Crippen molar-refractivity contribution in [1.82, 2.24) is 4.98 Å². The van der Waals surface area contributed by atoms with Gasteiger partial charge in [0.15, 0.2) is 0 Å². The summed E-state index contributed by atoms with van der Waals surface area (Å²) in [5.41, 5.74) is 3.55. The molecule has 0 radical (unpaired) electrons. The number of fused-ring (bicyclic) bond motifs is 1. The SMILES string of the molecule is CCCCCCCOc1ccc2nc(-c3ccc(C(C)C(=O)O)cc3)ccc2c1. The molecule has 4 heteroatoms. The topological polar surface area (TPSA) is 59.4 Å². The van der Waals surface area contributed by atoms with Gasteiger partial charge in [-0.2, -0.15) is 0 Å². The number of hydrogen-bond donors (Lipinski definition) is 1. The number of benzene rings is 2. The van der Waals surface area contributed by atoms with Crippen molar-refractivity contribution < 1.29 is 14.6 Å². The van der Waals surface area contributed by atoms with Gasteiger partial charge in [-0.15, -0.1) is 0 Å². The lowest BCUT2D eigenvalue weighted by Gasteiger charge is -2.09. The third-order valence-corrected chi connectivity index (χ3v) is 5.25. The van der Waals surface area contributed by atoms with Gasteiger partial charge in [-0.1, -0.05) is 62.9 Å². The fourth-order valence-electron chi connectivity index (χ4n) is 3.33. The van der Waals surface area contributed by atoms with E-state index >= 15 is 0 Å². The second-order valence-corrected chi connectivity index (χ2v) is 7.50. The zero-order valence-corrected chi connectivity index (χ0v) is 17.2. The molecule has 3 rings (SSSR count). The first kappa shape index (κ1) is 20.8. The number of rotatable bonds is 10. The van der Waals surface area contributed by atoms with E-state index < -0.39 is 11.9 Å². The van der Waals surface area contributed by atoms with E-state index in [1.807, 2.05) is 48.5 Å². The maximum absolute atomic E-state index is 11.1. The molecule has 0 aliphatic rings. The third kappa shape index (κ3) is 5.57. The fourth-order valence-corrected chi connectivity index (χ4v) is 3.33. The fraction of sp³-hybridized carbons (Fsp3) is 0.360. The van der Waals surface area contributed by atoms with E-state index in [-0.39, 0.29) is 0 Å². The van der Waals surface area contributed by atoms with Gasteiger partial charge in [0.2, 0.25) is 0 Å². The Kier molecular flexibility index (Phi) is 7.23. The van der Waals surface area contributed by atoms with E-state index in [9.17, 15) is 4.79 Å². The van der Waals surface area contributed by atoms with Crippen molar-refractivity contribution in [2.75, 3.05) is 6.61 Å². The minimum absolute atomic E-state index is 0.515. The highest BCUT2D eigenvalue weighted by atomic mass is 16.5. The number of pyridine rings is 1. The molecule has 1 unspecified atom stereocenters. The van der Waals surface area contributed by atoms with Crippen LogP contribution >= 0.6 is 0 Å². The van der Waals surface area contributed by atoms with Gasteiger partial charge in [-0.25, -0.2) is 4.98 Å². The summed E-state index contributed by atoms with van der Waals surface area (Å²) < 4.78 is 5.89. The zero-order chi connectivity index (χ0) is 20.6. The third-order valence-electron chi connectivity index (χ3n) is 5.25. The molecule has 152 valence electrons. The molecule has 0 saturated carbocycles. The Hall–Kier alpha value is -2.88. The number of unbranched alkanes of at least 4 members (excludes halogenated alkanes) is 4. The second-order valence-electron chi connectivity index (χ2n) is 7.50. The number of nitrogens with zero attached hydrogens (tertiary/aromatic N) is 1. The van der Waals surface area contributed by atoms with E-state index in [0.29, 0.717) is 0 Å². The number of carboxylic acids is 1. The lowest BCUT2D eigenvalue weighted by atomic mass is 9.99. The molecule has 2 aromatic carbocycles. The van der Waals surface area contributed by atoms with Gasteiger partial charge in [0.1, 0.15) is 5.75 Å². The van der Waals surface area contributed by atoms with E-state index in [2.05, 4.69) is 13.0 Å². The van der Waals surface area contributed by atoms with Crippen molar-refractivity contribution in [2.24, 2.45) is 0 Å². The molecule has 1 heterocycles. The summed E-state index contributed by atoms with van der Waals surface area (Å²) in [5, 5.41) is 10.2. The number of aliphatic carboxylic acids is 1. The summed E-state index contributed by atoms with van der Waals surface area (Å²) in [5.74, 6) is -0.450. The van der Waals surface area contributed by atoms with Crippen molar-refractivity contribution in [3.63, 3.8) is 0 Å². The first-order valence-corrected chi connectivity index (χ1v) is 10.4. The smallest absolute Gasteiger partial charge is 0.310 e. The van der Waals surface area contributed by atoms with Gasteiger partial charge in [0.05, 0.1) is 23.7 Å². The molecule has 1 aromatic heterocycles. The van der Waals surface area contributed by atoms with Gasteiger partial charge in [-0.05, 0) is 43.2 Å².